The van der Waals surface area contributed by atoms with Crippen LogP contribution in [0.5, 0.6) is 0 Å². The zero-order valence-electron chi connectivity index (χ0n) is 17.3. The summed E-state index contributed by atoms with van der Waals surface area (Å²) in [6.07, 6.45) is 4.02. The van der Waals surface area contributed by atoms with Crippen LogP contribution in [0.3, 0.4) is 0 Å². The van der Waals surface area contributed by atoms with Crippen molar-refractivity contribution in [2.75, 3.05) is 6.54 Å². The van der Waals surface area contributed by atoms with Crippen LogP contribution in [0.4, 0.5) is 0 Å². The van der Waals surface area contributed by atoms with Gasteiger partial charge >= 0.3 is 0 Å². The SMILES string of the molecule is Cc1cc(C(=O)N2CCCC2c2ncc(Cc3cccc(Cl)c3)o2)c2c(C)noc2n1. The van der Waals surface area contributed by atoms with Crippen molar-refractivity contribution in [3.05, 3.63) is 75.7 Å². The largest absolute Gasteiger partial charge is 0.443 e. The Balaban J connectivity index is 1.43. The molecule has 4 heterocycles. The van der Waals surface area contributed by atoms with Gasteiger partial charge < -0.3 is 13.8 Å². The summed E-state index contributed by atoms with van der Waals surface area (Å²) in [6.45, 7) is 4.30. The Labute approximate surface area is 184 Å². The molecule has 3 aromatic heterocycles. The summed E-state index contributed by atoms with van der Waals surface area (Å²) in [5, 5.41) is 5.33. The first-order valence-corrected chi connectivity index (χ1v) is 10.6. The van der Waals surface area contributed by atoms with Gasteiger partial charge in [-0.2, -0.15) is 0 Å². The number of nitrogens with zero attached hydrogens (tertiary/aromatic N) is 4. The maximum absolute atomic E-state index is 13.5. The third-order valence-corrected chi connectivity index (χ3v) is 5.85. The molecule has 0 bridgehead atoms. The molecule has 4 aromatic rings. The van der Waals surface area contributed by atoms with E-state index in [1.165, 1.54) is 0 Å². The van der Waals surface area contributed by atoms with Crippen LogP contribution in [0.15, 0.2) is 45.5 Å². The minimum absolute atomic E-state index is 0.0844. The number of hydrogen-bond donors (Lipinski definition) is 0. The lowest BCUT2D eigenvalue weighted by Crippen LogP contribution is -2.31. The van der Waals surface area contributed by atoms with Crippen molar-refractivity contribution in [3.63, 3.8) is 0 Å². The van der Waals surface area contributed by atoms with Crippen LogP contribution >= 0.6 is 11.6 Å². The highest BCUT2D eigenvalue weighted by atomic mass is 35.5. The number of carbonyl (C=O) groups is 1. The maximum Gasteiger partial charge on any atom is 0.258 e. The quantitative estimate of drug-likeness (QED) is 0.445. The number of benzene rings is 1. The summed E-state index contributed by atoms with van der Waals surface area (Å²) in [4.78, 5) is 24.2. The van der Waals surface area contributed by atoms with Gasteiger partial charge in [-0.3, -0.25) is 4.79 Å². The molecule has 1 aromatic carbocycles. The number of fused-ring (bicyclic) bond motifs is 1. The summed E-state index contributed by atoms with van der Waals surface area (Å²) >= 11 is 6.08. The normalized spacial score (nSPS) is 16.4. The summed E-state index contributed by atoms with van der Waals surface area (Å²) < 4.78 is 11.3. The zero-order valence-corrected chi connectivity index (χ0v) is 18.0. The van der Waals surface area contributed by atoms with Gasteiger partial charge in [0, 0.05) is 23.7 Å². The van der Waals surface area contributed by atoms with Gasteiger partial charge in [-0.05, 0) is 50.5 Å². The summed E-state index contributed by atoms with van der Waals surface area (Å²) in [5.74, 6) is 1.22. The zero-order chi connectivity index (χ0) is 21.5. The molecule has 7 nitrogen and oxygen atoms in total. The molecular weight excluding hydrogens is 416 g/mol. The third-order valence-electron chi connectivity index (χ3n) is 5.61. The lowest BCUT2D eigenvalue weighted by atomic mass is 10.1. The lowest BCUT2D eigenvalue weighted by Gasteiger charge is -2.22. The Morgan fingerprint density at radius 1 is 1.29 bits per heavy atom. The van der Waals surface area contributed by atoms with E-state index in [2.05, 4.69) is 15.1 Å². The highest BCUT2D eigenvalue weighted by Gasteiger charge is 2.35. The van der Waals surface area contributed by atoms with Crippen molar-refractivity contribution < 1.29 is 13.7 Å². The molecular formula is C23H21ClN4O3. The first-order chi connectivity index (χ1) is 15.0. The third kappa shape index (κ3) is 3.70. The van der Waals surface area contributed by atoms with E-state index in [0.717, 1.165) is 24.2 Å². The molecule has 1 atom stereocenters. The van der Waals surface area contributed by atoms with Crippen LogP contribution in [0.25, 0.3) is 11.1 Å². The number of halogens is 1. The van der Waals surface area contributed by atoms with Crippen molar-refractivity contribution >= 4 is 28.6 Å². The minimum atomic E-state index is -0.204. The number of oxazole rings is 1. The lowest BCUT2D eigenvalue weighted by molar-refractivity contribution is 0.0716. The van der Waals surface area contributed by atoms with Crippen LogP contribution in [0.2, 0.25) is 5.02 Å². The average Bonchev–Trinajstić information content (AvgIpc) is 3.47. The minimum Gasteiger partial charge on any atom is -0.443 e. The standard InChI is InChI=1S/C23H21ClN4O3/c1-13-9-18(20-14(2)27-31-22(20)26-13)23(29)28-8-4-7-19(28)21-25-12-17(30-21)11-15-5-3-6-16(24)10-15/h3,5-6,9-10,12,19H,4,7-8,11H2,1-2H3. The molecule has 0 spiro atoms. The van der Waals surface area contributed by atoms with E-state index in [1.807, 2.05) is 43.0 Å². The molecule has 0 N–H and O–H groups in total. The monoisotopic (exact) mass is 436 g/mol. The van der Waals surface area contributed by atoms with Crippen LogP contribution in [0, 0.1) is 13.8 Å². The molecule has 1 aliphatic rings. The predicted octanol–water partition coefficient (Wildman–Crippen LogP) is 5.05. The number of amides is 1. The molecule has 0 radical (unpaired) electrons. The second kappa shape index (κ2) is 7.81. The van der Waals surface area contributed by atoms with E-state index in [0.29, 0.717) is 51.9 Å². The van der Waals surface area contributed by atoms with Gasteiger partial charge in [-0.1, -0.05) is 28.9 Å². The highest BCUT2D eigenvalue weighted by molar-refractivity contribution is 6.30. The number of likely N-dealkylation sites (tertiary alicyclic amines) is 1. The number of aromatic nitrogens is 3. The molecule has 1 fully saturated rings. The topological polar surface area (TPSA) is 85.3 Å². The van der Waals surface area contributed by atoms with Crippen LogP contribution in [0.1, 0.15) is 57.8 Å². The van der Waals surface area contributed by atoms with E-state index in [1.54, 1.807) is 12.3 Å². The van der Waals surface area contributed by atoms with E-state index in [-0.39, 0.29) is 11.9 Å². The first kappa shape index (κ1) is 19.8. The number of carbonyl (C=O) groups excluding carboxylic acids is 1. The second-order valence-corrected chi connectivity index (χ2v) is 8.32. The number of rotatable bonds is 4. The van der Waals surface area contributed by atoms with E-state index in [9.17, 15) is 4.79 Å². The molecule has 0 saturated carbocycles. The van der Waals surface area contributed by atoms with Crippen molar-refractivity contribution in [3.8, 4) is 0 Å². The van der Waals surface area contributed by atoms with Gasteiger partial charge in [0.15, 0.2) is 0 Å². The molecule has 0 aliphatic carbocycles. The van der Waals surface area contributed by atoms with Crippen molar-refractivity contribution in [2.24, 2.45) is 0 Å². The molecule has 1 unspecified atom stereocenters. The highest BCUT2D eigenvalue weighted by Crippen LogP contribution is 2.35. The number of aryl methyl sites for hydroxylation is 2. The Morgan fingerprint density at radius 3 is 3.00 bits per heavy atom. The molecule has 1 aliphatic heterocycles. The summed E-state index contributed by atoms with van der Waals surface area (Å²) in [7, 11) is 0. The predicted molar refractivity (Wildman–Crippen MR) is 115 cm³/mol. The summed E-state index contributed by atoms with van der Waals surface area (Å²) in [5.41, 5.74) is 3.35. The van der Waals surface area contributed by atoms with E-state index >= 15 is 0 Å². The molecule has 31 heavy (non-hydrogen) atoms. The Morgan fingerprint density at radius 2 is 2.16 bits per heavy atom. The Hall–Kier alpha value is -3.19. The first-order valence-electron chi connectivity index (χ1n) is 10.2. The van der Waals surface area contributed by atoms with Gasteiger partial charge in [0.2, 0.25) is 5.89 Å². The van der Waals surface area contributed by atoms with Gasteiger partial charge in [0.25, 0.3) is 11.6 Å². The fourth-order valence-electron chi connectivity index (χ4n) is 4.21. The Bertz CT molecular complexity index is 1280. The fraction of sp³-hybridized carbons (Fsp3) is 0.304. The maximum atomic E-state index is 13.5. The van der Waals surface area contributed by atoms with Crippen molar-refractivity contribution in [1.82, 2.24) is 20.0 Å². The van der Waals surface area contributed by atoms with Gasteiger partial charge in [0.1, 0.15) is 11.8 Å². The van der Waals surface area contributed by atoms with Gasteiger partial charge in [-0.25, -0.2) is 9.97 Å². The smallest absolute Gasteiger partial charge is 0.258 e. The van der Waals surface area contributed by atoms with Crippen LogP contribution in [-0.4, -0.2) is 32.5 Å². The Kier molecular flexibility index (Phi) is 4.98. The molecule has 1 saturated heterocycles. The van der Waals surface area contributed by atoms with Crippen molar-refractivity contribution in [1.29, 1.82) is 0 Å². The molecule has 5 rings (SSSR count). The van der Waals surface area contributed by atoms with Gasteiger partial charge in [-0.15, -0.1) is 0 Å². The summed E-state index contributed by atoms with van der Waals surface area (Å²) in [6, 6.07) is 9.25. The van der Waals surface area contributed by atoms with Gasteiger partial charge in [0.05, 0.1) is 22.8 Å². The number of hydrogen-bond acceptors (Lipinski definition) is 6. The average molecular weight is 437 g/mol. The van der Waals surface area contributed by atoms with Crippen LogP contribution < -0.4 is 0 Å². The molecule has 8 heteroatoms. The van der Waals surface area contributed by atoms with Crippen molar-refractivity contribution in [2.45, 2.75) is 39.2 Å². The van der Waals surface area contributed by atoms with E-state index < -0.39 is 0 Å². The second-order valence-electron chi connectivity index (χ2n) is 7.89. The number of pyridine rings is 1. The van der Waals surface area contributed by atoms with Crippen LogP contribution in [-0.2, 0) is 6.42 Å². The molecule has 1 amide bonds. The fourth-order valence-corrected chi connectivity index (χ4v) is 4.43. The molecule has 158 valence electrons. The van der Waals surface area contributed by atoms with E-state index in [4.69, 9.17) is 20.5 Å².